The van der Waals surface area contributed by atoms with Gasteiger partial charge in [0.05, 0.1) is 25.4 Å². The molecule has 6 N–H and O–H groups in total. The lowest BCUT2D eigenvalue weighted by Gasteiger charge is -2.40. The molecule has 9 nitrogen and oxygen atoms in total. The summed E-state index contributed by atoms with van der Waals surface area (Å²) in [4.78, 5) is 13.2. The third-order valence-electron chi connectivity index (χ3n) is 20.0. The highest BCUT2D eigenvalue weighted by Gasteiger charge is 2.44. The van der Waals surface area contributed by atoms with Crippen LogP contribution in [-0.2, 0) is 14.3 Å². The molecular formula is C79H157NO8. The van der Waals surface area contributed by atoms with Crippen molar-refractivity contribution in [3.05, 3.63) is 0 Å². The van der Waals surface area contributed by atoms with Crippen molar-refractivity contribution < 1.29 is 39.8 Å². The molecule has 0 aromatic carbocycles. The molecule has 0 aromatic heterocycles. The van der Waals surface area contributed by atoms with Crippen molar-refractivity contribution in [3.8, 4) is 0 Å². The summed E-state index contributed by atoms with van der Waals surface area (Å²) in [6.45, 7) is 3.92. The van der Waals surface area contributed by atoms with Crippen LogP contribution < -0.4 is 5.32 Å². The van der Waals surface area contributed by atoms with Crippen LogP contribution in [0.15, 0.2) is 0 Å². The Morgan fingerprint density at radius 3 is 0.807 bits per heavy atom. The highest BCUT2D eigenvalue weighted by molar-refractivity contribution is 5.76. The van der Waals surface area contributed by atoms with Crippen molar-refractivity contribution in [3.63, 3.8) is 0 Å². The molecule has 9 heteroatoms. The average Bonchev–Trinajstić information content (AvgIpc) is 3.65. The second kappa shape index (κ2) is 69.0. The third-order valence-corrected chi connectivity index (χ3v) is 20.0. The summed E-state index contributed by atoms with van der Waals surface area (Å²) >= 11 is 0. The van der Waals surface area contributed by atoms with Crippen molar-refractivity contribution in [2.75, 3.05) is 13.2 Å². The van der Waals surface area contributed by atoms with Crippen LogP contribution >= 0.6 is 0 Å². The van der Waals surface area contributed by atoms with Gasteiger partial charge in [0.1, 0.15) is 24.4 Å². The molecule has 7 atom stereocenters. The minimum atomic E-state index is -1.55. The Morgan fingerprint density at radius 1 is 0.341 bits per heavy atom. The van der Waals surface area contributed by atoms with Crippen LogP contribution in [0.4, 0.5) is 0 Å². The van der Waals surface area contributed by atoms with Gasteiger partial charge in [0.25, 0.3) is 0 Å². The van der Waals surface area contributed by atoms with Gasteiger partial charge in [-0.1, -0.05) is 425 Å². The third kappa shape index (κ3) is 56.7. The maximum atomic E-state index is 13.2. The topological polar surface area (TPSA) is 149 Å². The number of hydrogen-bond donors (Lipinski definition) is 6. The lowest BCUT2D eigenvalue weighted by molar-refractivity contribution is -0.302. The van der Waals surface area contributed by atoms with E-state index >= 15 is 0 Å². The Bertz CT molecular complexity index is 1350. The van der Waals surface area contributed by atoms with E-state index in [4.69, 9.17) is 9.47 Å². The van der Waals surface area contributed by atoms with E-state index in [1.54, 1.807) is 0 Å². The van der Waals surface area contributed by atoms with Gasteiger partial charge < -0.3 is 40.3 Å². The first kappa shape index (κ1) is 85.2. The predicted molar refractivity (Wildman–Crippen MR) is 378 cm³/mol. The summed E-state index contributed by atoms with van der Waals surface area (Å²) in [6.07, 6.45) is 82.2. The highest BCUT2D eigenvalue weighted by atomic mass is 16.7. The van der Waals surface area contributed by atoms with Crippen LogP contribution in [0, 0.1) is 0 Å². The van der Waals surface area contributed by atoms with Gasteiger partial charge in [-0.2, -0.15) is 0 Å². The fourth-order valence-electron chi connectivity index (χ4n) is 13.7. The normalized spacial score (nSPS) is 17.7. The summed E-state index contributed by atoms with van der Waals surface area (Å²) in [6, 6.07) is -0.716. The zero-order valence-corrected chi connectivity index (χ0v) is 59.3. The van der Waals surface area contributed by atoms with E-state index in [9.17, 15) is 30.3 Å². The summed E-state index contributed by atoms with van der Waals surface area (Å²) in [5, 5.41) is 55.1. The molecule has 1 heterocycles. The molecule has 1 saturated heterocycles. The first-order valence-electron chi connectivity index (χ1n) is 40.2. The number of rotatable bonds is 73. The monoisotopic (exact) mass is 1250 g/mol. The van der Waals surface area contributed by atoms with Crippen molar-refractivity contribution in [2.24, 2.45) is 0 Å². The van der Waals surface area contributed by atoms with Gasteiger partial charge in [0, 0.05) is 6.42 Å². The number of ether oxygens (including phenoxy) is 2. The number of carbonyl (C=O) groups excluding carboxylic acids is 1. The molecule has 88 heavy (non-hydrogen) atoms. The lowest BCUT2D eigenvalue weighted by atomic mass is 9.99. The van der Waals surface area contributed by atoms with E-state index in [2.05, 4.69) is 19.2 Å². The van der Waals surface area contributed by atoms with Crippen molar-refractivity contribution in [1.29, 1.82) is 0 Å². The Hall–Kier alpha value is -0.810. The minimum Gasteiger partial charge on any atom is -0.394 e. The first-order valence-corrected chi connectivity index (χ1v) is 40.2. The number of carbonyl (C=O) groups is 1. The quantitative estimate of drug-likeness (QED) is 0.0330. The van der Waals surface area contributed by atoms with Gasteiger partial charge in [0.15, 0.2) is 6.29 Å². The van der Waals surface area contributed by atoms with Gasteiger partial charge in [-0.3, -0.25) is 4.79 Å². The van der Waals surface area contributed by atoms with E-state index in [0.717, 1.165) is 38.5 Å². The maximum absolute atomic E-state index is 13.2. The van der Waals surface area contributed by atoms with Crippen LogP contribution in [0.25, 0.3) is 0 Å². The summed E-state index contributed by atoms with van der Waals surface area (Å²) < 4.78 is 11.4. The van der Waals surface area contributed by atoms with Gasteiger partial charge in [-0.05, 0) is 12.8 Å². The molecule has 0 spiro atoms. The van der Waals surface area contributed by atoms with Crippen LogP contribution in [0.1, 0.15) is 444 Å². The molecule has 1 fully saturated rings. The molecule has 1 rings (SSSR count). The highest BCUT2D eigenvalue weighted by Crippen LogP contribution is 2.25. The molecule has 0 bridgehead atoms. The van der Waals surface area contributed by atoms with Crippen LogP contribution in [-0.4, -0.2) is 87.5 Å². The van der Waals surface area contributed by atoms with Crippen molar-refractivity contribution in [2.45, 2.75) is 487 Å². The number of hydrogen-bond acceptors (Lipinski definition) is 8. The molecule has 0 saturated carbocycles. The van der Waals surface area contributed by atoms with Gasteiger partial charge in [-0.15, -0.1) is 0 Å². The maximum Gasteiger partial charge on any atom is 0.220 e. The van der Waals surface area contributed by atoms with E-state index in [0.29, 0.717) is 12.8 Å². The Morgan fingerprint density at radius 2 is 0.568 bits per heavy atom. The smallest absolute Gasteiger partial charge is 0.220 e. The average molecular weight is 1250 g/mol. The van der Waals surface area contributed by atoms with Gasteiger partial charge in [0.2, 0.25) is 5.91 Å². The van der Waals surface area contributed by atoms with E-state index in [-0.39, 0.29) is 12.5 Å². The van der Waals surface area contributed by atoms with Gasteiger partial charge in [-0.25, -0.2) is 0 Å². The minimum absolute atomic E-state index is 0.130. The molecule has 526 valence electrons. The standard InChI is InChI=1S/C79H157NO8/c1-3-5-7-9-11-13-15-17-19-21-23-25-27-29-31-33-35-36-37-39-41-43-45-47-49-51-53-55-57-59-61-63-65-67-69-75(83)80-72(71-87-79-78(86)77(85)76(84)74(70-81)88-79)73(82)68-66-64-62-60-58-56-54-52-50-48-46-44-42-40-38-34-32-30-28-26-24-22-20-18-16-14-12-10-8-6-4-2/h72-74,76-79,81-82,84-86H,3-71H2,1-2H3,(H,80,83). The summed E-state index contributed by atoms with van der Waals surface area (Å²) in [5.41, 5.74) is 0. The van der Waals surface area contributed by atoms with Crippen LogP contribution in [0.2, 0.25) is 0 Å². The number of aliphatic hydroxyl groups excluding tert-OH is 5. The second-order valence-electron chi connectivity index (χ2n) is 28.6. The molecular weight excluding hydrogens is 1090 g/mol. The molecule has 1 aliphatic rings. The van der Waals surface area contributed by atoms with E-state index in [1.807, 2.05) is 0 Å². The second-order valence-corrected chi connectivity index (χ2v) is 28.6. The fourth-order valence-corrected chi connectivity index (χ4v) is 13.7. The summed E-state index contributed by atoms with van der Waals surface area (Å²) in [7, 11) is 0. The SMILES string of the molecule is CCCCCCCCCCCCCCCCCCCCCCCCCCCCCCCCCCCCC(=O)NC(COC1OC(CO)C(O)C(O)C1O)C(O)CCCCCCCCCCCCCCCCCCCCCCCCCCCCCCCCC. The van der Waals surface area contributed by atoms with E-state index in [1.165, 1.54) is 379 Å². The number of nitrogens with one attached hydrogen (secondary N) is 1. The first-order chi connectivity index (χ1) is 43.3. The zero-order chi connectivity index (χ0) is 63.5. The lowest BCUT2D eigenvalue weighted by Crippen LogP contribution is -2.60. The molecule has 7 unspecified atom stereocenters. The molecule has 0 aromatic rings. The Kier molecular flexibility index (Phi) is 66.8. The number of aliphatic hydroxyl groups is 5. The number of amides is 1. The van der Waals surface area contributed by atoms with Gasteiger partial charge >= 0.3 is 0 Å². The fraction of sp³-hybridized carbons (Fsp3) is 0.987. The zero-order valence-electron chi connectivity index (χ0n) is 59.3. The Labute approximate surface area is 548 Å². The van der Waals surface area contributed by atoms with Crippen molar-refractivity contribution >= 4 is 5.91 Å². The Balaban J connectivity index is 2.04. The largest absolute Gasteiger partial charge is 0.394 e. The molecule has 1 aliphatic heterocycles. The van der Waals surface area contributed by atoms with E-state index < -0.39 is 49.5 Å². The number of unbranched alkanes of at least 4 members (excludes halogenated alkanes) is 63. The summed E-state index contributed by atoms with van der Waals surface area (Å²) in [5.74, 6) is -0.131. The van der Waals surface area contributed by atoms with Crippen molar-refractivity contribution in [1.82, 2.24) is 5.32 Å². The molecule has 0 aliphatic carbocycles. The molecule has 0 radical (unpaired) electrons. The van der Waals surface area contributed by atoms with Crippen LogP contribution in [0.3, 0.4) is 0 Å². The molecule has 1 amide bonds. The van der Waals surface area contributed by atoms with Crippen LogP contribution in [0.5, 0.6) is 0 Å². The predicted octanol–water partition coefficient (Wildman–Crippen LogP) is 22.8.